The molecule has 3 nitrogen and oxygen atoms in total. The number of hydrogen-bond acceptors (Lipinski definition) is 2. The summed E-state index contributed by atoms with van der Waals surface area (Å²) in [6.45, 7) is 1.85. The van der Waals surface area contributed by atoms with Gasteiger partial charge in [-0.05, 0) is 18.9 Å². The number of nitrogens with two attached hydrogens (primary N) is 1. The Morgan fingerprint density at radius 2 is 2.00 bits per heavy atom. The number of aliphatic carboxylic acids is 1. The Morgan fingerprint density at radius 1 is 1.43 bits per heavy atom. The maximum absolute atomic E-state index is 10.4. The molecule has 3 N–H and O–H groups in total. The molecule has 0 saturated heterocycles. The summed E-state index contributed by atoms with van der Waals surface area (Å²) < 4.78 is 0. The van der Waals surface area contributed by atoms with Gasteiger partial charge in [-0.1, -0.05) is 30.3 Å². The summed E-state index contributed by atoms with van der Waals surface area (Å²) in [6.07, 6.45) is 0.550. The second kappa shape index (κ2) is 4.24. The molecule has 0 aliphatic rings. The summed E-state index contributed by atoms with van der Waals surface area (Å²) in [5, 5.41) is 8.57. The Bertz CT molecular complexity index is 306. The van der Waals surface area contributed by atoms with Crippen LogP contribution < -0.4 is 5.73 Å². The van der Waals surface area contributed by atoms with Crippen molar-refractivity contribution in [2.75, 3.05) is 0 Å². The van der Waals surface area contributed by atoms with Crippen LogP contribution >= 0.6 is 0 Å². The van der Waals surface area contributed by atoms with Gasteiger partial charge in [0.05, 0.1) is 0 Å². The first kappa shape index (κ1) is 10.7. The van der Waals surface area contributed by atoms with Gasteiger partial charge in [-0.2, -0.15) is 0 Å². The van der Waals surface area contributed by atoms with Gasteiger partial charge in [-0.15, -0.1) is 0 Å². The van der Waals surface area contributed by atoms with E-state index in [1.54, 1.807) is 0 Å². The van der Waals surface area contributed by atoms with Crippen LogP contribution in [0.25, 0.3) is 0 Å². The van der Waals surface area contributed by atoms with Crippen molar-refractivity contribution in [1.29, 1.82) is 0 Å². The predicted octanol–water partition coefficient (Wildman–Crippen LogP) is 1.73. The van der Waals surface area contributed by atoms with Gasteiger partial charge in [0.15, 0.2) is 0 Å². The molecule has 14 heavy (non-hydrogen) atoms. The minimum absolute atomic E-state index is 0.0991. The fourth-order valence-corrected chi connectivity index (χ4v) is 1.33. The maximum Gasteiger partial charge on any atom is 0.303 e. The Hall–Kier alpha value is -1.35. The summed E-state index contributed by atoms with van der Waals surface area (Å²) in [6, 6.07) is 9.56. The molecule has 1 aromatic carbocycles. The third kappa shape index (κ3) is 2.85. The molecule has 0 heterocycles. The lowest BCUT2D eigenvalue weighted by Gasteiger charge is -2.24. The monoisotopic (exact) mass is 193 g/mol. The lowest BCUT2D eigenvalue weighted by atomic mass is 9.88. The first-order valence-electron chi connectivity index (χ1n) is 4.58. The second-order valence-electron chi connectivity index (χ2n) is 3.68. The summed E-state index contributed by atoms with van der Waals surface area (Å²) in [5.74, 6) is -0.808. The minimum Gasteiger partial charge on any atom is -0.481 e. The highest BCUT2D eigenvalue weighted by Gasteiger charge is 2.21. The van der Waals surface area contributed by atoms with E-state index in [1.807, 2.05) is 37.3 Å². The van der Waals surface area contributed by atoms with Gasteiger partial charge in [-0.25, -0.2) is 0 Å². The van der Waals surface area contributed by atoms with Crippen LogP contribution in [-0.4, -0.2) is 11.1 Å². The number of carboxylic acids is 1. The molecular formula is C11H15NO2. The first-order valence-corrected chi connectivity index (χ1v) is 4.58. The molecule has 1 aromatic rings. The third-order valence-electron chi connectivity index (χ3n) is 2.29. The SMILES string of the molecule is CC(N)(CCC(=O)O)c1ccccc1. The van der Waals surface area contributed by atoms with E-state index in [0.29, 0.717) is 6.42 Å². The zero-order chi connectivity index (χ0) is 10.6. The Labute approximate surface area is 83.6 Å². The number of hydrogen-bond donors (Lipinski definition) is 2. The normalized spacial score (nSPS) is 14.7. The molecule has 0 spiro atoms. The lowest BCUT2D eigenvalue weighted by molar-refractivity contribution is -0.137. The average Bonchev–Trinajstić information content (AvgIpc) is 2.16. The van der Waals surface area contributed by atoms with Crippen molar-refractivity contribution in [3.05, 3.63) is 35.9 Å². The third-order valence-corrected chi connectivity index (χ3v) is 2.29. The smallest absolute Gasteiger partial charge is 0.303 e. The van der Waals surface area contributed by atoms with E-state index in [4.69, 9.17) is 10.8 Å². The molecule has 1 rings (SSSR count). The Balaban J connectivity index is 2.70. The zero-order valence-corrected chi connectivity index (χ0v) is 8.23. The van der Waals surface area contributed by atoms with Gasteiger partial charge < -0.3 is 10.8 Å². The highest BCUT2D eigenvalue weighted by atomic mass is 16.4. The van der Waals surface area contributed by atoms with E-state index in [2.05, 4.69) is 0 Å². The molecule has 0 aromatic heterocycles. The van der Waals surface area contributed by atoms with Crippen molar-refractivity contribution in [1.82, 2.24) is 0 Å². The Kier molecular flexibility index (Phi) is 3.25. The van der Waals surface area contributed by atoms with Gasteiger partial charge in [0.1, 0.15) is 0 Å². The van der Waals surface area contributed by atoms with Gasteiger partial charge in [-0.3, -0.25) is 4.79 Å². The van der Waals surface area contributed by atoms with Crippen molar-refractivity contribution < 1.29 is 9.90 Å². The van der Waals surface area contributed by atoms with Crippen LogP contribution in [0.3, 0.4) is 0 Å². The molecule has 1 unspecified atom stereocenters. The van der Waals surface area contributed by atoms with Crippen molar-refractivity contribution in [3.63, 3.8) is 0 Å². The van der Waals surface area contributed by atoms with Gasteiger partial charge in [0.2, 0.25) is 0 Å². The standard InChI is InChI=1S/C11H15NO2/c1-11(12,8-7-10(13)14)9-5-3-2-4-6-9/h2-6H,7-8,12H2,1H3,(H,13,14). The fraction of sp³-hybridized carbons (Fsp3) is 0.364. The topological polar surface area (TPSA) is 63.3 Å². The molecule has 0 bridgehead atoms. The number of rotatable bonds is 4. The van der Waals surface area contributed by atoms with E-state index >= 15 is 0 Å². The van der Waals surface area contributed by atoms with Crippen molar-refractivity contribution >= 4 is 5.97 Å². The average molecular weight is 193 g/mol. The molecule has 0 aliphatic heterocycles. The van der Waals surface area contributed by atoms with Gasteiger partial charge in [0, 0.05) is 12.0 Å². The van der Waals surface area contributed by atoms with Crippen molar-refractivity contribution in [2.24, 2.45) is 5.73 Å². The van der Waals surface area contributed by atoms with Crippen LogP contribution in [0.4, 0.5) is 0 Å². The number of carbonyl (C=O) groups is 1. The van der Waals surface area contributed by atoms with Crippen LogP contribution in [0, 0.1) is 0 Å². The molecular weight excluding hydrogens is 178 g/mol. The zero-order valence-electron chi connectivity index (χ0n) is 8.23. The van der Waals surface area contributed by atoms with Crippen molar-refractivity contribution in [3.8, 4) is 0 Å². The largest absolute Gasteiger partial charge is 0.481 e. The molecule has 0 amide bonds. The van der Waals surface area contributed by atoms with Gasteiger partial charge in [0.25, 0.3) is 0 Å². The van der Waals surface area contributed by atoms with E-state index in [1.165, 1.54) is 0 Å². The lowest BCUT2D eigenvalue weighted by Crippen LogP contribution is -2.33. The van der Waals surface area contributed by atoms with Crippen molar-refractivity contribution in [2.45, 2.75) is 25.3 Å². The van der Waals surface area contributed by atoms with Crippen LogP contribution in [0.5, 0.6) is 0 Å². The summed E-state index contributed by atoms with van der Waals surface area (Å²) >= 11 is 0. The highest BCUT2D eigenvalue weighted by molar-refractivity contribution is 5.66. The fourth-order valence-electron chi connectivity index (χ4n) is 1.33. The van der Waals surface area contributed by atoms with E-state index < -0.39 is 11.5 Å². The maximum atomic E-state index is 10.4. The quantitative estimate of drug-likeness (QED) is 0.765. The molecule has 0 radical (unpaired) electrons. The molecule has 0 fully saturated rings. The molecule has 3 heteroatoms. The summed E-state index contributed by atoms with van der Waals surface area (Å²) in [7, 11) is 0. The molecule has 76 valence electrons. The summed E-state index contributed by atoms with van der Waals surface area (Å²) in [4.78, 5) is 10.4. The van der Waals surface area contributed by atoms with E-state index in [-0.39, 0.29) is 6.42 Å². The molecule has 1 atom stereocenters. The minimum atomic E-state index is -0.808. The summed E-state index contributed by atoms with van der Waals surface area (Å²) in [5.41, 5.74) is 6.44. The Morgan fingerprint density at radius 3 is 2.50 bits per heavy atom. The van der Waals surface area contributed by atoms with E-state index in [0.717, 1.165) is 5.56 Å². The first-order chi connectivity index (χ1) is 6.52. The van der Waals surface area contributed by atoms with Gasteiger partial charge >= 0.3 is 5.97 Å². The van der Waals surface area contributed by atoms with Crippen LogP contribution in [0.1, 0.15) is 25.3 Å². The second-order valence-corrected chi connectivity index (χ2v) is 3.68. The molecule has 0 saturated carbocycles. The predicted molar refractivity (Wildman–Crippen MR) is 54.9 cm³/mol. The number of carboxylic acid groups (broad SMARTS) is 1. The van der Waals surface area contributed by atoms with Crippen LogP contribution in [0.15, 0.2) is 30.3 Å². The highest BCUT2D eigenvalue weighted by Crippen LogP contribution is 2.22. The van der Waals surface area contributed by atoms with Crippen LogP contribution in [-0.2, 0) is 10.3 Å². The molecule has 0 aliphatic carbocycles. The number of benzene rings is 1. The van der Waals surface area contributed by atoms with Crippen LogP contribution in [0.2, 0.25) is 0 Å². The van der Waals surface area contributed by atoms with E-state index in [9.17, 15) is 4.79 Å².